The van der Waals surface area contributed by atoms with Gasteiger partial charge in [-0.15, -0.1) is 11.3 Å². The number of aromatic nitrogens is 2. The molecule has 3 heterocycles. The molecule has 198 valence electrons. The summed E-state index contributed by atoms with van der Waals surface area (Å²) in [6.45, 7) is 7.90. The molecule has 1 aliphatic heterocycles. The number of aromatic amines is 1. The summed E-state index contributed by atoms with van der Waals surface area (Å²) < 4.78 is 5.23. The Morgan fingerprint density at radius 1 is 1.00 bits per heavy atom. The van der Waals surface area contributed by atoms with Crippen LogP contribution < -0.4 is 20.3 Å². The molecule has 0 atom stereocenters. The molecular formula is C28H32N6O3S. The third-order valence-corrected chi connectivity index (χ3v) is 7.99. The van der Waals surface area contributed by atoms with Gasteiger partial charge in [-0.25, -0.2) is 0 Å². The number of ether oxygens (including phenoxy) is 1. The number of carbonyl (C=O) groups is 2. The van der Waals surface area contributed by atoms with Gasteiger partial charge in [-0.2, -0.15) is 5.10 Å². The summed E-state index contributed by atoms with van der Waals surface area (Å²) >= 11 is 1.30. The van der Waals surface area contributed by atoms with E-state index in [1.54, 1.807) is 13.2 Å². The van der Waals surface area contributed by atoms with Gasteiger partial charge in [0.05, 0.1) is 22.9 Å². The molecule has 1 aliphatic rings. The molecule has 0 aliphatic carbocycles. The number of carbonyl (C=O) groups excluding carboxylic acids is 2. The van der Waals surface area contributed by atoms with Gasteiger partial charge in [-0.1, -0.05) is 12.1 Å². The van der Waals surface area contributed by atoms with Crippen LogP contribution in [0.5, 0.6) is 5.75 Å². The van der Waals surface area contributed by atoms with E-state index in [2.05, 4.69) is 37.7 Å². The van der Waals surface area contributed by atoms with Crippen molar-refractivity contribution in [1.82, 2.24) is 20.4 Å². The molecule has 3 N–H and O–H groups in total. The number of hydrogen-bond donors (Lipinski definition) is 3. The zero-order valence-electron chi connectivity index (χ0n) is 22.0. The third kappa shape index (κ3) is 5.36. The maximum absolute atomic E-state index is 13.1. The highest BCUT2D eigenvalue weighted by molar-refractivity contribution is 7.20. The molecular weight excluding hydrogens is 500 g/mol. The second-order valence-electron chi connectivity index (χ2n) is 10.0. The summed E-state index contributed by atoms with van der Waals surface area (Å²) in [5, 5.41) is 13.9. The topological polar surface area (TPSA) is 103 Å². The average molecular weight is 533 g/mol. The van der Waals surface area contributed by atoms with E-state index in [0.29, 0.717) is 21.6 Å². The number of anilines is 2. The van der Waals surface area contributed by atoms with Gasteiger partial charge in [0.2, 0.25) is 0 Å². The Kier molecular flexibility index (Phi) is 7.09. The Hall–Kier alpha value is -3.89. The zero-order valence-corrected chi connectivity index (χ0v) is 22.8. The van der Waals surface area contributed by atoms with Crippen LogP contribution in [0, 0.1) is 0 Å². The molecule has 0 saturated carbocycles. The van der Waals surface area contributed by atoms with E-state index in [1.807, 2.05) is 62.4 Å². The normalized spacial score (nSPS) is 14.5. The van der Waals surface area contributed by atoms with Crippen molar-refractivity contribution in [2.75, 3.05) is 50.6 Å². The Labute approximate surface area is 225 Å². The van der Waals surface area contributed by atoms with Crippen LogP contribution in [-0.2, 0) is 5.54 Å². The Morgan fingerprint density at radius 2 is 1.68 bits per heavy atom. The van der Waals surface area contributed by atoms with Crippen LogP contribution in [0.2, 0.25) is 0 Å². The molecule has 1 fully saturated rings. The standard InChI is InChI=1S/C28H32N6O3S/c1-28(2,19-7-11-21(37-4)12-8-19)30-26(36)23-17-22-24(31-32-27(22)38-23)29-25(35)18-5-9-20(10-6-18)34-15-13-33(3)14-16-34/h5-12,17H,13-16H2,1-4H3,(H,30,36)(H2,29,31,32,35). The van der Waals surface area contributed by atoms with Crippen molar-refractivity contribution < 1.29 is 14.3 Å². The van der Waals surface area contributed by atoms with E-state index in [-0.39, 0.29) is 11.8 Å². The van der Waals surface area contributed by atoms with E-state index < -0.39 is 5.54 Å². The minimum Gasteiger partial charge on any atom is -0.497 e. The van der Waals surface area contributed by atoms with Gasteiger partial charge in [0, 0.05) is 37.4 Å². The van der Waals surface area contributed by atoms with Gasteiger partial charge in [0.25, 0.3) is 11.8 Å². The van der Waals surface area contributed by atoms with Crippen LogP contribution >= 0.6 is 11.3 Å². The SMILES string of the molecule is COc1ccc(C(C)(C)NC(=O)c2cc3c(NC(=O)c4ccc(N5CCN(C)CC5)cc4)n[nH]c3s2)cc1. The number of likely N-dealkylation sites (N-methyl/N-ethyl adjacent to an activating group) is 1. The van der Waals surface area contributed by atoms with Gasteiger partial charge >= 0.3 is 0 Å². The molecule has 4 aromatic rings. The molecule has 0 unspecified atom stereocenters. The molecule has 1 saturated heterocycles. The van der Waals surface area contributed by atoms with Gasteiger partial charge in [-0.3, -0.25) is 14.7 Å². The average Bonchev–Trinajstić information content (AvgIpc) is 3.51. The number of fused-ring (bicyclic) bond motifs is 1. The van der Waals surface area contributed by atoms with E-state index >= 15 is 0 Å². The van der Waals surface area contributed by atoms with Crippen molar-refractivity contribution in [3.63, 3.8) is 0 Å². The lowest BCUT2D eigenvalue weighted by molar-refractivity contribution is 0.0915. The summed E-state index contributed by atoms with van der Waals surface area (Å²) in [4.78, 5) is 31.9. The maximum atomic E-state index is 13.1. The minimum absolute atomic E-state index is 0.197. The first-order valence-electron chi connectivity index (χ1n) is 12.5. The van der Waals surface area contributed by atoms with Crippen LogP contribution in [0.1, 0.15) is 39.4 Å². The predicted molar refractivity (Wildman–Crippen MR) is 152 cm³/mol. The van der Waals surface area contributed by atoms with Crippen LogP contribution in [0.3, 0.4) is 0 Å². The third-order valence-electron chi connectivity index (χ3n) is 6.95. The molecule has 9 nitrogen and oxygen atoms in total. The van der Waals surface area contributed by atoms with Crippen molar-refractivity contribution in [2.24, 2.45) is 0 Å². The Balaban J connectivity index is 1.26. The first kappa shape index (κ1) is 25.7. The summed E-state index contributed by atoms with van der Waals surface area (Å²) in [5.41, 5.74) is 2.03. The minimum atomic E-state index is -0.591. The molecule has 5 rings (SSSR count). The number of amides is 2. The molecule has 0 bridgehead atoms. The molecule has 2 aromatic carbocycles. The Morgan fingerprint density at radius 3 is 2.34 bits per heavy atom. The lowest BCUT2D eigenvalue weighted by Gasteiger charge is -2.34. The number of thiophene rings is 1. The highest BCUT2D eigenvalue weighted by atomic mass is 32.1. The van der Waals surface area contributed by atoms with E-state index in [1.165, 1.54) is 11.3 Å². The number of hydrogen-bond acceptors (Lipinski definition) is 7. The number of H-pyrrole nitrogens is 1. The lowest BCUT2D eigenvalue weighted by atomic mass is 9.94. The van der Waals surface area contributed by atoms with Crippen LogP contribution in [0.25, 0.3) is 10.2 Å². The number of nitrogens with zero attached hydrogens (tertiary/aromatic N) is 3. The van der Waals surface area contributed by atoms with Crippen LogP contribution in [0.4, 0.5) is 11.5 Å². The molecule has 10 heteroatoms. The summed E-state index contributed by atoms with van der Waals surface area (Å²) in [6, 6.07) is 17.0. The molecule has 2 aromatic heterocycles. The zero-order chi connectivity index (χ0) is 26.9. The van der Waals surface area contributed by atoms with Crippen molar-refractivity contribution >= 4 is 44.9 Å². The van der Waals surface area contributed by atoms with Gasteiger partial charge in [-0.05, 0) is 68.9 Å². The molecule has 0 radical (unpaired) electrons. The van der Waals surface area contributed by atoms with Crippen molar-refractivity contribution in [3.05, 3.63) is 70.6 Å². The largest absolute Gasteiger partial charge is 0.497 e. The molecule has 0 spiro atoms. The highest BCUT2D eigenvalue weighted by Crippen LogP contribution is 2.31. The first-order chi connectivity index (χ1) is 18.2. The number of rotatable bonds is 7. The first-order valence-corrected chi connectivity index (χ1v) is 13.3. The van der Waals surface area contributed by atoms with E-state index in [4.69, 9.17) is 4.74 Å². The van der Waals surface area contributed by atoms with Crippen molar-refractivity contribution in [2.45, 2.75) is 19.4 Å². The summed E-state index contributed by atoms with van der Waals surface area (Å²) in [5.74, 6) is 0.715. The van der Waals surface area contributed by atoms with Crippen LogP contribution in [0.15, 0.2) is 54.6 Å². The number of nitrogens with one attached hydrogen (secondary N) is 3. The fourth-order valence-corrected chi connectivity index (χ4v) is 5.41. The van der Waals surface area contributed by atoms with Gasteiger partial charge in [0.1, 0.15) is 10.6 Å². The van der Waals surface area contributed by atoms with Gasteiger partial charge < -0.3 is 25.2 Å². The monoisotopic (exact) mass is 532 g/mol. The number of piperazine rings is 1. The maximum Gasteiger partial charge on any atom is 0.262 e. The highest BCUT2D eigenvalue weighted by Gasteiger charge is 2.25. The predicted octanol–water partition coefficient (Wildman–Crippen LogP) is 4.30. The fourth-order valence-electron chi connectivity index (χ4n) is 4.52. The quantitative estimate of drug-likeness (QED) is 0.328. The van der Waals surface area contributed by atoms with Gasteiger partial charge in [0.15, 0.2) is 5.82 Å². The summed E-state index contributed by atoms with van der Waals surface area (Å²) in [6.07, 6.45) is 0. The smallest absolute Gasteiger partial charge is 0.262 e. The molecule has 38 heavy (non-hydrogen) atoms. The summed E-state index contributed by atoms with van der Waals surface area (Å²) in [7, 11) is 3.75. The van der Waals surface area contributed by atoms with E-state index in [0.717, 1.165) is 48.0 Å². The number of benzene rings is 2. The molecule has 2 amide bonds. The Bertz CT molecular complexity index is 1430. The lowest BCUT2D eigenvalue weighted by Crippen LogP contribution is -2.44. The van der Waals surface area contributed by atoms with Crippen LogP contribution in [-0.4, -0.2) is 67.2 Å². The van der Waals surface area contributed by atoms with Crippen molar-refractivity contribution in [3.8, 4) is 5.75 Å². The number of methoxy groups -OCH3 is 1. The van der Waals surface area contributed by atoms with E-state index in [9.17, 15) is 9.59 Å². The van der Waals surface area contributed by atoms with Crippen molar-refractivity contribution in [1.29, 1.82) is 0 Å². The second-order valence-corrected chi connectivity index (χ2v) is 11.1. The second kappa shape index (κ2) is 10.5. The fraction of sp³-hybridized carbons (Fsp3) is 0.321.